The van der Waals surface area contributed by atoms with Crippen LogP contribution in [0.4, 0.5) is 4.39 Å². The number of rotatable bonds is 3. The Bertz CT molecular complexity index is 452. The molecule has 5 heteroatoms. The average Bonchev–Trinajstić information content (AvgIpc) is 2.28. The first-order valence-electron chi connectivity index (χ1n) is 4.60. The van der Waals surface area contributed by atoms with E-state index in [-0.39, 0.29) is 18.5 Å². The zero-order valence-electron chi connectivity index (χ0n) is 8.79. The highest BCUT2D eigenvalue weighted by molar-refractivity contribution is 5.72. The largest absolute Gasteiger partial charge is 0.469 e. The van der Waals surface area contributed by atoms with E-state index in [0.29, 0.717) is 11.1 Å². The molecule has 0 heterocycles. The predicted molar refractivity (Wildman–Crippen MR) is 54.7 cm³/mol. The summed E-state index contributed by atoms with van der Waals surface area (Å²) in [6.45, 7) is 0.0504. The van der Waals surface area contributed by atoms with Crippen molar-refractivity contribution in [3.05, 3.63) is 34.6 Å². The Kier molecular flexibility index (Phi) is 3.97. The van der Waals surface area contributed by atoms with Gasteiger partial charge in [0.1, 0.15) is 11.9 Å². The summed E-state index contributed by atoms with van der Waals surface area (Å²) >= 11 is 0. The third-order valence-corrected chi connectivity index (χ3v) is 2.14. The van der Waals surface area contributed by atoms with E-state index in [1.807, 2.05) is 0 Å². The highest BCUT2D eigenvalue weighted by Gasteiger charge is 2.11. The number of methoxy groups -OCH3 is 1. The van der Waals surface area contributed by atoms with Gasteiger partial charge in [-0.2, -0.15) is 5.26 Å². The number of nitrogens with zero attached hydrogens (tertiary/aromatic N) is 1. The SMILES string of the molecule is COC(=O)Cc1cc(F)c(C#N)c(CN)c1. The zero-order chi connectivity index (χ0) is 12.1. The molecule has 0 aliphatic rings. The highest BCUT2D eigenvalue weighted by atomic mass is 19.1. The second-order valence-corrected chi connectivity index (χ2v) is 3.18. The minimum atomic E-state index is -0.663. The third-order valence-electron chi connectivity index (χ3n) is 2.14. The molecule has 1 rings (SSSR count). The van der Waals surface area contributed by atoms with Crippen LogP contribution in [0.15, 0.2) is 12.1 Å². The van der Waals surface area contributed by atoms with Crippen molar-refractivity contribution in [1.29, 1.82) is 5.26 Å². The van der Waals surface area contributed by atoms with Crippen LogP contribution >= 0.6 is 0 Å². The van der Waals surface area contributed by atoms with Crippen LogP contribution in [-0.4, -0.2) is 13.1 Å². The van der Waals surface area contributed by atoms with Gasteiger partial charge in [-0.3, -0.25) is 4.79 Å². The number of benzene rings is 1. The number of ether oxygens (including phenoxy) is 1. The van der Waals surface area contributed by atoms with Gasteiger partial charge in [-0.05, 0) is 17.2 Å². The van der Waals surface area contributed by atoms with Crippen LogP contribution in [0.3, 0.4) is 0 Å². The van der Waals surface area contributed by atoms with Crippen LogP contribution in [0.5, 0.6) is 0 Å². The van der Waals surface area contributed by atoms with Gasteiger partial charge in [-0.25, -0.2) is 4.39 Å². The Labute approximate surface area is 92.4 Å². The number of hydrogen-bond donors (Lipinski definition) is 1. The summed E-state index contributed by atoms with van der Waals surface area (Å²) in [6.07, 6.45) is -0.0356. The summed E-state index contributed by atoms with van der Waals surface area (Å²) in [6, 6.07) is 4.43. The lowest BCUT2D eigenvalue weighted by molar-refractivity contribution is -0.139. The second kappa shape index (κ2) is 5.24. The summed E-state index contributed by atoms with van der Waals surface area (Å²) in [7, 11) is 1.26. The highest BCUT2D eigenvalue weighted by Crippen LogP contribution is 2.16. The van der Waals surface area contributed by atoms with Crippen molar-refractivity contribution >= 4 is 5.97 Å². The van der Waals surface area contributed by atoms with Gasteiger partial charge in [-0.1, -0.05) is 6.07 Å². The summed E-state index contributed by atoms with van der Waals surface area (Å²) in [5.74, 6) is -1.13. The molecule has 4 nitrogen and oxygen atoms in total. The van der Waals surface area contributed by atoms with Crippen molar-refractivity contribution in [2.45, 2.75) is 13.0 Å². The summed E-state index contributed by atoms with van der Waals surface area (Å²) in [5, 5.41) is 8.71. The Morgan fingerprint density at radius 2 is 2.31 bits per heavy atom. The molecule has 0 atom stereocenters. The van der Waals surface area contributed by atoms with Crippen LogP contribution in [0.25, 0.3) is 0 Å². The predicted octanol–water partition coefficient (Wildman–Crippen LogP) is 0.872. The van der Waals surface area contributed by atoms with Crippen molar-refractivity contribution < 1.29 is 13.9 Å². The Morgan fingerprint density at radius 1 is 1.62 bits per heavy atom. The molecular formula is C11H11FN2O2. The molecule has 0 saturated carbocycles. The number of esters is 1. The van der Waals surface area contributed by atoms with E-state index in [0.717, 1.165) is 6.07 Å². The van der Waals surface area contributed by atoms with Gasteiger partial charge in [0.25, 0.3) is 0 Å². The van der Waals surface area contributed by atoms with E-state index in [1.54, 1.807) is 12.1 Å². The number of nitrogens with two attached hydrogens (primary N) is 1. The average molecular weight is 222 g/mol. The Morgan fingerprint density at radius 3 is 2.81 bits per heavy atom. The normalized spacial score (nSPS) is 9.62. The van der Waals surface area contributed by atoms with Crippen LogP contribution in [-0.2, 0) is 22.5 Å². The molecule has 1 aromatic rings. The fourth-order valence-electron chi connectivity index (χ4n) is 1.35. The van der Waals surface area contributed by atoms with Crippen molar-refractivity contribution in [3.63, 3.8) is 0 Å². The number of hydrogen-bond acceptors (Lipinski definition) is 4. The van der Waals surface area contributed by atoms with E-state index >= 15 is 0 Å². The maximum absolute atomic E-state index is 13.4. The molecule has 0 bridgehead atoms. The van der Waals surface area contributed by atoms with Crippen molar-refractivity contribution in [1.82, 2.24) is 0 Å². The van der Waals surface area contributed by atoms with Crippen molar-refractivity contribution in [2.24, 2.45) is 5.73 Å². The fraction of sp³-hybridized carbons (Fsp3) is 0.273. The van der Waals surface area contributed by atoms with Gasteiger partial charge < -0.3 is 10.5 Å². The molecular weight excluding hydrogens is 211 g/mol. The van der Waals surface area contributed by atoms with Gasteiger partial charge in [0.2, 0.25) is 0 Å². The van der Waals surface area contributed by atoms with E-state index < -0.39 is 11.8 Å². The topological polar surface area (TPSA) is 76.1 Å². The first-order chi connectivity index (χ1) is 7.62. The minimum Gasteiger partial charge on any atom is -0.469 e. The Hall–Kier alpha value is -1.93. The van der Waals surface area contributed by atoms with Gasteiger partial charge >= 0.3 is 5.97 Å². The molecule has 1 aromatic carbocycles. The molecule has 0 unspecified atom stereocenters. The van der Waals surface area contributed by atoms with Crippen LogP contribution in [0, 0.1) is 17.1 Å². The van der Waals surface area contributed by atoms with E-state index in [4.69, 9.17) is 11.0 Å². The van der Waals surface area contributed by atoms with Gasteiger partial charge in [-0.15, -0.1) is 0 Å². The molecule has 0 fully saturated rings. The molecule has 16 heavy (non-hydrogen) atoms. The molecule has 0 spiro atoms. The first-order valence-corrected chi connectivity index (χ1v) is 4.60. The lowest BCUT2D eigenvalue weighted by Gasteiger charge is -2.06. The molecule has 0 radical (unpaired) electrons. The number of carbonyl (C=O) groups is 1. The van der Waals surface area contributed by atoms with Gasteiger partial charge in [0, 0.05) is 6.54 Å². The molecule has 0 aromatic heterocycles. The van der Waals surface area contributed by atoms with Crippen molar-refractivity contribution in [2.75, 3.05) is 7.11 Å². The summed E-state index contributed by atoms with van der Waals surface area (Å²) in [4.78, 5) is 11.0. The van der Waals surface area contributed by atoms with Crippen LogP contribution in [0.2, 0.25) is 0 Å². The third kappa shape index (κ3) is 2.55. The second-order valence-electron chi connectivity index (χ2n) is 3.18. The Balaban J connectivity index is 3.11. The molecule has 84 valence electrons. The van der Waals surface area contributed by atoms with Crippen LogP contribution in [0.1, 0.15) is 16.7 Å². The first kappa shape index (κ1) is 12.1. The summed E-state index contributed by atoms with van der Waals surface area (Å²) in [5.41, 5.74) is 6.16. The maximum Gasteiger partial charge on any atom is 0.309 e. The smallest absolute Gasteiger partial charge is 0.309 e. The van der Waals surface area contributed by atoms with Gasteiger partial charge in [0.15, 0.2) is 0 Å². The lowest BCUT2D eigenvalue weighted by atomic mass is 10.0. The molecule has 2 N–H and O–H groups in total. The van der Waals surface area contributed by atoms with Crippen LogP contribution < -0.4 is 5.73 Å². The molecule has 0 amide bonds. The molecule has 0 saturated heterocycles. The standard InChI is InChI=1S/C11H11FN2O2/c1-16-11(15)4-7-2-8(5-13)9(6-14)10(12)3-7/h2-3H,4-5,13H2,1H3. The molecule has 0 aliphatic carbocycles. The van der Waals surface area contributed by atoms with E-state index in [9.17, 15) is 9.18 Å². The van der Waals surface area contributed by atoms with E-state index in [1.165, 1.54) is 7.11 Å². The quantitative estimate of drug-likeness (QED) is 0.770. The molecule has 0 aliphatic heterocycles. The number of nitriles is 1. The van der Waals surface area contributed by atoms with Crippen molar-refractivity contribution in [3.8, 4) is 6.07 Å². The minimum absolute atomic E-state index is 0.0356. The van der Waals surface area contributed by atoms with Gasteiger partial charge in [0.05, 0.1) is 19.1 Å². The fourth-order valence-corrected chi connectivity index (χ4v) is 1.35. The monoisotopic (exact) mass is 222 g/mol. The number of halogens is 1. The zero-order valence-corrected chi connectivity index (χ0v) is 8.79. The van der Waals surface area contributed by atoms with E-state index in [2.05, 4.69) is 4.74 Å². The summed E-state index contributed by atoms with van der Waals surface area (Å²) < 4.78 is 17.9. The lowest BCUT2D eigenvalue weighted by Crippen LogP contribution is -2.08. The maximum atomic E-state index is 13.4. The number of carbonyl (C=O) groups excluding carboxylic acids is 1.